The fraction of sp³-hybridized carbons (Fsp3) is 0.846. The van der Waals surface area contributed by atoms with E-state index in [1.54, 1.807) is 0 Å². The number of nitrogens with one attached hydrogen (secondary N) is 3. The Hall–Kier alpha value is -1.10. The van der Waals surface area contributed by atoms with Gasteiger partial charge in [-0.05, 0) is 38.3 Å². The summed E-state index contributed by atoms with van der Waals surface area (Å²) in [5.41, 5.74) is 0. The van der Waals surface area contributed by atoms with Gasteiger partial charge in [0.25, 0.3) is 0 Å². The van der Waals surface area contributed by atoms with Crippen LogP contribution < -0.4 is 16.0 Å². The largest absolute Gasteiger partial charge is 0.356 e. The van der Waals surface area contributed by atoms with Crippen molar-refractivity contribution in [3.8, 4) is 0 Å². The van der Waals surface area contributed by atoms with E-state index < -0.39 is 0 Å². The summed E-state index contributed by atoms with van der Waals surface area (Å²) in [6.07, 6.45) is 4.00. The first-order chi connectivity index (χ1) is 8.72. The van der Waals surface area contributed by atoms with E-state index in [1.807, 2.05) is 6.92 Å². The molecule has 1 atom stereocenters. The van der Waals surface area contributed by atoms with Crippen molar-refractivity contribution in [2.24, 2.45) is 5.92 Å². The Morgan fingerprint density at radius 3 is 2.56 bits per heavy atom. The van der Waals surface area contributed by atoms with Crippen LogP contribution in [0.25, 0.3) is 0 Å². The standard InChI is InChI=1S/C13H25N3O2/c1-2-7-15-13(18)6-9-16-12(17)4-3-11-5-8-14-10-11/h11,14H,2-10H2,1H3,(H,15,18)(H,16,17). The molecule has 0 aromatic carbocycles. The fourth-order valence-corrected chi connectivity index (χ4v) is 2.05. The zero-order chi connectivity index (χ0) is 13.2. The van der Waals surface area contributed by atoms with Gasteiger partial charge in [0.1, 0.15) is 0 Å². The highest BCUT2D eigenvalue weighted by atomic mass is 16.2. The Bertz CT molecular complexity index is 263. The van der Waals surface area contributed by atoms with Crippen LogP contribution in [0.4, 0.5) is 0 Å². The number of rotatable bonds is 8. The molecule has 0 radical (unpaired) electrons. The molecule has 1 heterocycles. The van der Waals surface area contributed by atoms with Gasteiger partial charge in [0, 0.05) is 25.9 Å². The Balaban J connectivity index is 1.97. The van der Waals surface area contributed by atoms with Gasteiger partial charge in [-0.3, -0.25) is 9.59 Å². The summed E-state index contributed by atoms with van der Waals surface area (Å²) in [6.45, 7) is 5.27. The van der Waals surface area contributed by atoms with Crippen molar-refractivity contribution in [1.29, 1.82) is 0 Å². The third kappa shape index (κ3) is 6.59. The van der Waals surface area contributed by atoms with E-state index in [4.69, 9.17) is 0 Å². The fourth-order valence-electron chi connectivity index (χ4n) is 2.05. The zero-order valence-corrected chi connectivity index (χ0v) is 11.3. The minimum absolute atomic E-state index is 0.0112. The molecule has 5 nitrogen and oxygen atoms in total. The van der Waals surface area contributed by atoms with Crippen molar-refractivity contribution in [3.05, 3.63) is 0 Å². The predicted molar refractivity (Wildman–Crippen MR) is 71.1 cm³/mol. The lowest BCUT2D eigenvalue weighted by molar-refractivity contribution is -0.122. The Kier molecular flexibility index (Phi) is 7.41. The smallest absolute Gasteiger partial charge is 0.221 e. The van der Waals surface area contributed by atoms with E-state index in [2.05, 4.69) is 16.0 Å². The topological polar surface area (TPSA) is 70.2 Å². The molecule has 5 heteroatoms. The first kappa shape index (κ1) is 15.0. The van der Waals surface area contributed by atoms with Crippen LogP contribution >= 0.6 is 0 Å². The summed E-state index contributed by atoms with van der Waals surface area (Å²) < 4.78 is 0. The molecule has 1 rings (SSSR count). The molecule has 0 aromatic heterocycles. The molecule has 0 saturated carbocycles. The van der Waals surface area contributed by atoms with Crippen LogP contribution in [0.1, 0.15) is 39.0 Å². The van der Waals surface area contributed by atoms with E-state index >= 15 is 0 Å². The second-order valence-electron chi connectivity index (χ2n) is 4.85. The van der Waals surface area contributed by atoms with Crippen LogP contribution in [0.5, 0.6) is 0 Å². The third-order valence-electron chi connectivity index (χ3n) is 3.19. The average Bonchev–Trinajstić information content (AvgIpc) is 2.87. The highest BCUT2D eigenvalue weighted by Gasteiger charge is 2.15. The van der Waals surface area contributed by atoms with Gasteiger partial charge in [-0.25, -0.2) is 0 Å². The number of carbonyl (C=O) groups is 2. The molecule has 1 saturated heterocycles. The molecule has 104 valence electrons. The SMILES string of the molecule is CCCNC(=O)CCNC(=O)CCC1CCNC1. The number of amides is 2. The van der Waals surface area contributed by atoms with Gasteiger partial charge >= 0.3 is 0 Å². The van der Waals surface area contributed by atoms with Gasteiger partial charge in [-0.2, -0.15) is 0 Å². The highest BCUT2D eigenvalue weighted by molar-refractivity contribution is 5.78. The lowest BCUT2D eigenvalue weighted by Crippen LogP contribution is -2.31. The van der Waals surface area contributed by atoms with Crippen molar-refractivity contribution in [1.82, 2.24) is 16.0 Å². The highest BCUT2D eigenvalue weighted by Crippen LogP contribution is 2.13. The molecule has 1 unspecified atom stereocenters. The summed E-state index contributed by atoms with van der Waals surface area (Å²) in [5.74, 6) is 0.714. The lowest BCUT2D eigenvalue weighted by atomic mass is 10.0. The molecule has 1 fully saturated rings. The summed E-state index contributed by atoms with van der Waals surface area (Å²) in [6, 6.07) is 0. The molecular formula is C13H25N3O2. The maximum Gasteiger partial charge on any atom is 0.221 e. The third-order valence-corrected chi connectivity index (χ3v) is 3.19. The van der Waals surface area contributed by atoms with Gasteiger partial charge in [0.2, 0.25) is 11.8 Å². The molecule has 0 bridgehead atoms. The average molecular weight is 255 g/mol. The molecule has 0 aliphatic carbocycles. The van der Waals surface area contributed by atoms with Crippen molar-refractivity contribution in [3.63, 3.8) is 0 Å². The zero-order valence-electron chi connectivity index (χ0n) is 11.3. The molecular weight excluding hydrogens is 230 g/mol. The van der Waals surface area contributed by atoms with E-state index in [0.29, 0.717) is 31.8 Å². The van der Waals surface area contributed by atoms with E-state index in [9.17, 15) is 9.59 Å². The summed E-state index contributed by atoms with van der Waals surface area (Å²) >= 11 is 0. The summed E-state index contributed by atoms with van der Waals surface area (Å²) in [4.78, 5) is 22.8. The maximum atomic E-state index is 11.5. The molecule has 2 amide bonds. The maximum absolute atomic E-state index is 11.5. The molecule has 1 aliphatic heterocycles. The minimum atomic E-state index is 0.0112. The van der Waals surface area contributed by atoms with E-state index in [-0.39, 0.29) is 11.8 Å². The van der Waals surface area contributed by atoms with Crippen molar-refractivity contribution < 1.29 is 9.59 Å². The normalized spacial score (nSPS) is 18.6. The number of hydrogen-bond acceptors (Lipinski definition) is 3. The Morgan fingerprint density at radius 2 is 1.89 bits per heavy atom. The van der Waals surface area contributed by atoms with E-state index in [1.165, 1.54) is 6.42 Å². The summed E-state index contributed by atoms with van der Waals surface area (Å²) in [5, 5.41) is 8.87. The molecule has 18 heavy (non-hydrogen) atoms. The number of hydrogen-bond donors (Lipinski definition) is 3. The second-order valence-corrected chi connectivity index (χ2v) is 4.85. The Morgan fingerprint density at radius 1 is 1.17 bits per heavy atom. The molecule has 1 aliphatic rings. The lowest BCUT2D eigenvalue weighted by Gasteiger charge is -2.08. The monoisotopic (exact) mass is 255 g/mol. The van der Waals surface area contributed by atoms with E-state index in [0.717, 1.165) is 25.9 Å². The predicted octanol–water partition coefficient (Wildman–Crippen LogP) is 0.409. The first-order valence-electron chi connectivity index (χ1n) is 6.96. The van der Waals surface area contributed by atoms with Crippen LogP contribution in [0.15, 0.2) is 0 Å². The van der Waals surface area contributed by atoms with Crippen LogP contribution in [0, 0.1) is 5.92 Å². The molecule has 0 aromatic rings. The Labute approximate surface area is 109 Å². The van der Waals surface area contributed by atoms with Gasteiger partial charge in [-0.15, -0.1) is 0 Å². The second kappa shape index (κ2) is 8.91. The van der Waals surface area contributed by atoms with Gasteiger partial charge < -0.3 is 16.0 Å². The summed E-state index contributed by atoms with van der Waals surface area (Å²) in [7, 11) is 0. The van der Waals surface area contributed by atoms with Gasteiger partial charge in [0.15, 0.2) is 0 Å². The minimum Gasteiger partial charge on any atom is -0.356 e. The van der Waals surface area contributed by atoms with Crippen LogP contribution in [0.3, 0.4) is 0 Å². The van der Waals surface area contributed by atoms with Gasteiger partial charge in [-0.1, -0.05) is 6.92 Å². The van der Waals surface area contributed by atoms with Crippen LogP contribution in [0.2, 0.25) is 0 Å². The van der Waals surface area contributed by atoms with Crippen LogP contribution in [-0.4, -0.2) is 38.0 Å². The van der Waals surface area contributed by atoms with Gasteiger partial charge in [0.05, 0.1) is 0 Å². The molecule has 0 spiro atoms. The van der Waals surface area contributed by atoms with Crippen molar-refractivity contribution in [2.45, 2.75) is 39.0 Å². The quantitative estimate of drug-likeness (QED) is 0.588. The van der Waals surface area contributed by atoms with Crippen molar-refractivity contribution >= 4 is 11.8 Å². The number of carbonyl (C=O) groups excluding carboxylic acids is 2. The van der Waals surface area contributed by atoms with Crippen molar-refractivity contribution in [2.75, 3.05) is 26.2 Å². The molecule has 3 N–H and O–H groups in total. The first-order valence-corrected chi connectivity index (χ1v) is 6.96. The van der Waals surface area contributed by atoms with Crippen LogP contribution in [-0.2, 0) is 9.59 Å².